The minimum absolute atomic E-state index is 0.0210. The zero-order valence-corrected chi connectivity index (χ0v) is 14.4. The lowest BCUT2D eigenvalue weighted by Crippen LogP contribution is -2.43. The molecule has 0 aromatic heterocycles. The zero-order chi connectivity index (χ0) is 15.5. The van der Waals surface area contributed by atoms with Crippen LogP contribution in [0.2, 0.25) is 0 Å². The number of sulfone groups is 1. The summed E-state index contributed by atoms with van der Waals surface area (Å²) >= 11 is 0. The summed E-state index contributed by atoms with van der Waals surface area (Å²) in [5.41, 5.74) is -0.182. The van der Waals surface area contributed by atoms with Gasteiger partial charge in [0.2, 0.25) is 0 Å². The van der Waals surface area contributed by atoms with Crippen molar-refractivity contribution in [3.63, 3.8) is 0 Å². The van der Waals surface area contributed by atoms with Gasteiger partial charge in [-0.3, -0.25) is 0 Å². The highest BCUT2D eigenvalue weighted by atomic mass is 32.2. The van der Waals surface area contributed by atoms with Gasteiger partial charge in [-0.25, -0.2) is 8.42 Å². The van der Waals surface area contributed by atoms with Gasteiger partial charge in [-0.1, -0.05) is 13.0 Å². The number of rotatable bonds is 6. The van der Waals surface area contributed by atoms with Crippen molar-refractivity contribution in [2.75, 3.05) is 12.3 Å². The molecule has 0 aromatic rings. The second kappa shape index (κ2) is 5.96. The van der Waals surface area contributed by atoms with Gasteiger partial charge in [0.05, 0.1) is 10.5 Å². The van der Waals surface area contributed by atoms with Crippen LogP contribution in [0.1, 0.15) is 54.9 Å². The Morgan fingerprint density at radius 1 is 1.05 bits per heavy atom. The van der Waals surface area contributed by atoms with E-state index in [0.717, 1.165) is 6.54 Å². The first kappa shape index (κ1) is 18.7. The van der Waals surface area contributed by atoms with E-state index in [-0.39, 0.29) is 16.7 Å². The average Bonchev–Trinajstić information content (AvgIpc) is 2.21. The predicted octanol–water partition coefficient (Wildman–Crippen LogP) is 3.17. The van der Waals surface area contributed by atoms with Gasteiger partial charge in [0.25, 0.3) is 0 Å². The van der Waals surface area contributed by atoms with Crippen LogP contribution >= 0.6 is 0 Å². The molecule has 3 nitrogen and oxygen atoms in total. The summed E-state index contributed by atoms with van der Waals surface area (Å²) < 4.78 is 23.6. The van der Waals surface area contributed by atoms with Crippen molar-refractivity contribution in [2.45, 2.75) is 65.2 Å². The van der Waals surface area contributed by atoms with Crippen molar-refractivity contribution in [3.05, 3.63) is 12.7 Å². The average molecular weight is 289 g/mol. The van der Waals surface area contributed by atoms with Crippen LogP contribution in [0.4, 0.5) is 0 Å². The Balaban J connectivity index is 4.71. The standard InChI is InChI=1S/C15H31NO2S/c1-9-15(8,12-16-13(2,3)4)10-11-19(17,18)14(5,6)7/h9,16H,1,10-12H2,2-8H3. The van der Waals surface area contributed by atoms with E-state index in [2.05, 4.69) is 39.6 Å². The van der Waals surface area contributed by atoms with E-state index < -0.39 is 14.6 Å². The monoisotopic (exact) mass is 289 g/mol. The summed E-state index contributed by atoms with van der Waals surface area (Å²) in [6, 6.07) is 0. The van der Waals surface area contributed by atoms with Crippen molar-refractivity contribution in [2.24, 2.45) is 5.41 Å². The van der Waals surface area contributed by atoms with Gasteiger partial charge in [0.1, 0.15) is 0 Å². The lowest BCUT2D eigenvalue weighted by atomic mass is 9.87. The quantitative estimate of drug-likeness (QED) is 0.764. The molecule has 1 unspecified atom stereocenters. The Morgan fingerprint density at radius 3 is 1.84 bits per heavy atom. The van der Waals surface area contributed by atoms with E-state index in [9.17, 15) is 8.42 Å². The van der Waals surface area contributed by atoms with Gasteiger partial charge in [-0.15, -0.1) is 6.58 Å². The summed E-state index contributed by atoms with van der Waals surface area (Å²) in [6.45, 7) is 18.2. The Bertz CT molecular complexity index is 399. The molecule has 4 heteroatoms. The lowest BCUT2D eigenvalue weighted by Gasteiger charge is -2.32. The van der Waals surface area contributed by atoms with Crippen LogP contribution < -0.4 is 5.32 Å². The van der Waals surface area contributed by atoms with E-state index in [1.807, 2.05) is 6.08 Å². The van der Waals surface area contributed by atoms with Gasteiger partial charge >= 0.3 is 0 Å². The van der Waals surface area contributed by atoms with Crippen molar-refractivity contribution in [1.82, 2.24) is 5.32 Å². The molecular formula is C15H31NO2S. The topological polar surface area (TPSA) is 46.2 Å². The van der Waals surface area contributed by atoms with Gasteiger partial charge in [-0.2, -0.15) is 0 Å². The maximum atomic E-state index is 12.2. The highest BCUT2D eigenvalue weighted by molar-refractivity contribution is 7.92. The van der Waals surface area contributed by atoms with Crippen LogP contribution in [0.15, 0.2) is 12.7 Å². The first-order valence-electron chi connectivity index (χ1n) is 6.83. The molecular weight excluding hydrogens is 258 g/mol. The van der Waals surface area contributed by atoms with Crippen molar-refractivity contribution < 1.29 is 8.42 Å². The van der Waals surface area contributed by atoms with E-state index >= 15 is 0 Å². The first-order chi connectivity index (χ1) is 8.22. The van der Waals surface area contributed by atoms with Crippen LogP contribution in [-0.2, 0) is 9.84 Å². The van der Waals surface area contributed by atoms with Crippen LogP contribution in [0.3, 0.4) is 0 Å². The Kier molecular flexibility index (Phi) is 5.85. The molecule has 0 heterocycles. The third-order valence-corrected chi connectivity index (χ3v) is 6.00. The highest BCUT2D eigenvalue weighted by Crippen LogP contribution is 2.26. The SMILES string of the molecule is C=CC(C)(CCS(=O)(=O)C(C)(C)C)CNC(C)(C)C. The molecule has 0 amide bonds. The van der Waals surface area contributed by atoms with Gasteiger partial charge < -0.3 is 5.32 Å². The largest absolute Gasteiger partial charge is 0.311 e. The third kappa shape index (κ3) is 6.57. The summed E-state index contributed by atoms with van der Waals surface area (Å²) in [7, 11) is -3.07. The summed E-state index contributed by atoms with van der Waals surface area (Å²) in [6.07, 6.45) is 2.46. The van der Waals surface area contributed by atoms with Crippen LogP contribution in [0.25, 0.3) is 0 Å². The maximum absolute atomic E-state index is 12.2. The summed E-state index contributed by atoms with van der Waals surface area (Å²) in [5, 5.41) is 3.42. The molecule has 19 heavy (non-hydrogen) atoms. The fourth-order valence-corrected chi connectivity index (χ4v) is 2.75. The van der Waals surface area contributed by atoms with Crippen molar-refractivity contribution >= 4 is 9.84 Å². The molecule has 0 aliphatic rings. The van der Waals surface area contributed by atoms with Crippen LogP contribution in [0, 0.1) is 5.41 Å². The lowest BCUT2D eigenvalue weighted by molar-refractivity contribution is 0.317. The number of hydrogen-bond acceptors (Lipinski definition) is 3. The van der Waals surface area contributed by atoms with Crippen molar-refractivity contribution in [3.8, 4) is 0 Å². The highest BCUT2D eigenvalue weighted by Gasteiger charge is 2.32. The molecule has 1 N–H and O–H groups in total. The van der Waals surface area contributed by atoms with E-state index in [4.69, 9.17) is 0 Å². The van der Waals surface area contributed by atoms with Gasteiger partial charge in [-0.05, 0) is 53.4 Å². The van der Waals surface area contributed by atoms with E-state index in [1.165, 1.54) is 0 Å². The Hall–Kier alpha value is -0.350. The normalized spacial score (nSPS) is 17.0. The fourth-order valence-electron chi connectivity index (χ4n) is 1.40. The summed E-state index contributed by atoms with van der Waals surface area (Å²) in [4.78, 5) is 0. The Labute approximate surface area is 119 Å². The third-order valence-electron chi connectivity index (χ3n) is 3.39. The fraction of sp³-hybridized carbons (Fsp3) is 0.867. The Morgan fingerprint density at radius 2 is 1.53 bits per heavy atom. The number of hydrogen-bond donors (Lipinski definition) is 1. The molecule has 0 bridgehead atoms. The molecule has 0 aliphatic heterocycles. The zero-order valence-electron chi connectivity index (χ0n) is 13.6. The molecule has 0 saturated heterocycles. The molecule has 0 rings (SSSR count). The smallest absolute Gasteiger partial charge is 0.155 e. The van der Waals surface area contributed by atoms with E-state index in [0.29, 0.717) is 6.42 Å². The predicted molar refractivity (Wildman–Crippen MR) is 84.2 cm³/mol. The molecule has 0 spiro atoms. The van der Waals surface area contributed by atoms with Crippen LogP contribution in [-0.4, -0.2) is 31.0 Å². The second-order valence-electron chi connectivity index (χ2n) is 7.64. The molecule has 1 atom stereocenters. The molecule has 0 fully saturated rings. The first-order valence-corrected chi connectivity index (χ1v) is 8.49. The minimum Gasteiger partial charge on any atom is -0.311 e. The van der Waals surface area contributed by atoms with Gasteiger partial charge in [0.15, 0.2) is 9.84 Å². The maximum Gasteiger partial charge on any atom is 0.155 e. The van der Waals surface area contributed by atoms with Crippen molar-refractivity contribution in [1.29, 1.82) is 0 Å². The van der Waals surface area contributed by atoms with E-state index in [1.54, 1.807) is 20.8 Å². The van der Waals surface area contributed by atoms with Crippen LogP contribution in [0.5, 0.6) is 0 Å². The summed E-state index contributed by atoms with van der Waals surface area (Å²) in [5.74, 6) is 0.199. The molecule has 114 valence electrons. The molecule has 0 radical (unpaired) electrons. The molecule has 0 saturated carbocycles. The second-order valence-corrected chi connectivity index (χ2v) is 10.5. The molecule has 0 aromatic carbocycles. The molecule has 0 aliphatic carbocycles. The minimum atomic E-state index is -3.07. The van der Waals surface area contributed by atoms with Gasteiger partial charge in [0, 0.05) is 12.1 Å². The number of nitrogens with one attached hydrogen (secondary N) is 1.